The van der Waals surface area contributed by atoms with Gasteiger partial charge in [-0.15, -0.1) is 0 Å². The first-order valence-corrected chi connectivity index (χ1v) is 19.2. The zero-order valence-corrected chi connectivity index (χ0v) is 36.1. The number of nitrogens with zero attached hydrogens (tertiary/aromatic N) is 6. The van der Waals surface area contributed by atoms with Crippen molar-refractivity contribution < 1.29 is 57.3 Å². The van der Waals surface area contributed by atoms with Crippen molar-refractivity contribution >= 4 is 65.9 Å². The number of rotatable bonds is 31. The van der Waals surface area contributed by atoms with E-state index in [1.165, 1.54) is 56.2 Å². The Kier molecular flexibility index (Phi) is 22.8. The van der Waals surface area contributed by atoms with Gasteiger partial charge < -0.3 is 43.2 Å². The lowest BCUT2D eigenvalue weighted by molar-refractivity contribution is -0.140. The highest BCUT2D eigenvalue weighted by Crippen LogP contribution is 2.25. The molecule has 61 heavy (non-hydrogen) atoms. The standard InChI is InChI=1S/C43H58N6O12/c1-27(2)35(52)33(13-19-50)25-49(26-34(14-20-51)36(53)28(3)4)43-45-41(47(15-21-58-37(54)29(5)6)16-22-59-38(55)30(7)8)44-42(46-43)48(17-23-60-39(56)31(9)10)18-24-61-40(57)32(11)12/h19-20,33-34H,1,3,5,7,9,11,13-18,21-26H2,2,4,6,8,10,12H3. The molecule has 1 rings (SSSR count). The molecule has 0 fully saturated rings. The van der Waals surface area contributed by atoms with Crippen LogP contribution in [0.3, 0.4) is 0 Å². The highest BCUT2D eigenvalue weighted by atomic mass is 16.5. The normalized spacial score (nSPS) is 11.4. The summed E-state index contributed by atoms with van der Waals surface area (Å²) in [5, 5.41) is 0. The first kappa shape index (κ1) is 52.4. The third-order valence-corrected chi connectivity index (χ3v) is 8.45. The van der Waals surface area contributed by atoms with Gasteiger partial charge in [0.15, 0.2) is 11.6 Å². The number of aldehydes is 2. The summed E-state index contributed by atoms with van der Waals surface area (Å²) in [6, 6.07) is 0. The van der Waals surface area contributed by atoms with E-state index >= 15 is 0 Å². The number of carbonyl (C=O) groups is 8. The highest BCUT2D eigenvalue weighted by Gasteiger charge is 2.30. The van der Waals surface area contributed by atoms with E-state index in [0.29, 0.717) is 12.6 Å². The fourth-order valence-electron chi connectivity index (χ4n) is 5.11. The van der Waals surface area contributed by atoms with Gasteiger partial charge in [0.1, 0.15) is 39.0 Å². The number of anilines is 3. The van der Waals surface area contributed by atoms with E-state index in [-0.39, 0.29) is 130 Å². The monoisotopic (exact) mass is 850 g/mol. The summed E-state index contributed by atoms with van der Waals surface area (Å²) in [7, 11) is 0. The van der Waals surface area contributed by atoms with Gasteiger partial charge in [0.25, 0.3) is 0 Å². The van der Waals surface area contributed by atoms with Gasteiger partial charge in [-0.05, 0) is 52.7 Å². The Labute approximate surface area is 357 Å². The molecule has 1 heterocycles. The van der Waals surface area contributed by atoms with E-state index in [4.69, 9.17) is 33.9 Å². The number of ketones is 2. The van der Waals surface area contributed by atoms with Gasteiger partial charge in [-0.25, -0.2) is 19.2 Å². The first-order chi connectivity index (χ1) is 28.6. The average molecular weight is 851 g/mol. The van der Waals surface area contributed by atoms with Crippen LogP contribution in [0.25, 0.3) is 0 Å². The summed E-state index contributed by atoms with van der Waals surface area (Å²) in [5.74, 6) is -5.97. The van der Waals surface area contributed by atoms with Crippen LogP contribution in [0.4, 0.5) is 17.8 Å². The molecule has 332 valence electrons. The van der Waals surface area contributed by atoms with E-state index in [1.807, 2.05) is 0 Å². The number of allylic oxidation sites excluding steroid dienone is 2. The van der Waals surface area contributed by atoms with E-state index in [2.05, 4.69) is 39.5 Å². The van der Waals surface area contributed by atoms with Crippen LogP contribution in [-0.2, 0) is 57.3 Å². The Bertz CT molecular complexity index is 1700. The molecule has 0 aliphatic carbocycles. The minimum absolute atomic E-state index is 0.0805. The second-order valence-corrected chi connectivity index (χ2v) is 14.3. The molecule has 2 atom stereocenters. The SMILES string of the molecule is C=C(C)C(=O)OCCN(CCOC(=O)C(=C)C)c1nc(N(CCOC(=O)C(=C)C)CCOC(=O)C(=C)C)nc(N(CC(CC=O)C(=O)C(=C)C)CC(CC=O)C(=O)C(=C)C)n1. The smallest absolute Gasteiger partial charge is 0.333 e. The minimum Gasteiger partial charge on any atom is -0.460 e. The number of esters is 4. The van der Waals surface area contributed by atoms with Crippen molar-refractivity contribution in [1.29, 1.82) is 0 Å². The highest BCUT2D eigenvalue weighted by molar-refractivity contribution is 5.98. The van der Waals surface area contributed by atoms with E-state index in [0.717, 1.165) is 0 Å². The van der Waals surface area contributed by atoms with Crippen LogP contribution in [0, 0.1) is 11.8 Å². The molecule has 0 saturated carbocycles. The molecule has 0 aliphatic heterocycles. The molecule has 0 aromatic carbocycles. The quantitative estimate of drug-likeness (QED) is 0.0452. The summed E-state index contributed by atoms with van der Waals surface area (Å²) in [6.07, 6.45) is 0.636. The Balaban J connectivity index is 4.26. The maximum Gasteiger partial charge on any atom is 0.333 e. The Morgan fingerprint density at radius 1 is 0.459 bits per heavy atom. The maximum atomic E-state index is 13.4. The van der Waals surface area contributed by atoms with Crippen molar-refractivity contribution in [3.05, 3.63) is 72.9 Å². The molecule has 2 unspecified atom stereocenters. The molecule has 18 heteroatoms. The predicted octanol–water partition coefficient (Wildman–Crippen LogP) is 3.47. The van der Waals surface area contributed by atoms with Crippen LogP contribution in [0.1, 0.15) is 54.4 Å². The fourth-order valence-corrected chi connectivity index (χ4v) is 5.11. The Morgan fingerprint density at radius 2 is 0.705 bits per heavy atom. The third-order valence-electron chi connectivity index (χ3n) is 8.45. The van der Waals surface area contributed by atoms with Crippen molar-refractivity contribution in [2.45, 2.75) is 54.4 Å². The van der Waals surface area contributed by atoms with Crippen molar-refractivity contribution in [3.63, 3.8) is 0 Å². The summed E-state index contributed by atoms with van der Waals surface area (Å²) >= 11 is 0. The van der Waals surface area contributed by atoms with Gasteiger partial charge in [-0.2, -0.15) is 15.0 Å². The lowest BCUT2D eigenvalue weighted by Crippen LogP contribution is -2.42. The van der Waals surface area contributed by atoms with Crippen LogP contribution in [0.5, 0.6) is 0 Å². The molecule has 0 saturated heterocycles. The number of hydrogen-bond acceptors (Lipinski definition) is 18. The van der Waals surface area contributed by atoms with Crippen LogP contribution >= 0.6 is 0 Å². The topological polar surface area (TPSA) is 222 Å². The number of aromatic nitrogens is 3. The van der Waals surface area contributed by atoms with Crippen LogP contribution in [0.2, 0.25) is 0 Å². The van der Waals surface area contributed by atoms with E-state index in [9.17, 15) is 38.4 Å². The van der Waals surface area contributed by atoms with Crippen molar-refractivity contribution in [2.75, 3.05) is 80.4 Å². The molecule has 0 N–H and O–H groups in total. The molecular formula is C43H58N6O12. The van der Waals surface area contributed by atoms with Crippen molar-refractivity contribution in [3.8, 4) is 0 Å². The Morgan fingerprint density at radius 3 is 0.918 bits per heavy atom. The van der Waals surface area contributed by atoms with E-state index < -0.39 is 47.3 Å². The summed E-state index contributed by atoms with van der Waals surface area (Å²) in [5.41, 5.74) is 0.876. The molecule has 0 aliphatic rings. The number of carbonyl (C=O) groups excluding carboxylic acids is 8. The van der Waals surface area contributed by atoms with Gasteiger partial charge in [0, 0.05) is 60.1 Å². The molecule has 18 nitrogen and oxygen atoms in total. The molecule has 0 bridgehead atoms. The molecule has 1 aromatic rings. The fraction of sp³-hybridized carbons (Fsp3) is 0.465. The molecule has 0 spiro atoms. The minimum atomic E-state index is -1.01. The first-order valence-electron chi connectivity index (χ1n) is 19.2. The predicted molar refractivity (Wildman–Crippen MR) is 228 cm³/mol. The molecule has 0 amide bonds. The summed E-state index contributed by atoms with van der Waals surface area (Å²) in [6.45, 7) is 29.0. The van der Waals surface area contributed by atoms with Crippen molar-refractivity contribution in [1.82, 2.24) is 15.0 Å². The van der Waals surface area contributed by atoms with Gasteiger partial charge in [0.2, 0.25) is 17.8 Å². The Hall–Kier alpha value is -6.59. The van der Waals surface area contributed by atoms with Gasteiger partial charge in [-0.1, -0.05) is 39.5 Å². The van der Waals surface area contributed by atoms with Crippen LogP contribution in [-0.4, -0.2) is 129 Å². The molecule has 0 radical (unpaired) electrons. The van der Waals surface area contributed by atoms with Crippen LogP contribution < -0.4 is 14.7 Å². The van der Waals surface area contributed by atoms with E-state index in [1.54, 1.807) is 0 Å². The lowest BCUT2D eigenvalue weighted by Gasteiger charge is -2.32. The zero-order valence-electron chi connectivity index (χ0n) is 36.1. The van der Waals surface area contributed by atoms with Crippen molar-refractivity contribution in [2.24, 2.45) is 11.8 Å². The zero-order chi connectivity index (χ0) is 46.4. The van der Waals surface area contributed by atoms with Gasteiger partial charge in [-0.3, -0.25) is 9.59 Å². The molecular weight excluding hydrogens is 793 g/mol. The largest absolute Gasteiger partial charge is 0.460 e. The average Bonchev–Trinajstić information content (AvgIpc) is 3.20. The second-order valence-electron chi connectivity index (χ2n) is 14.3. The number of ether oxygens (including phenoxy) is 4. The number of hydrogen-bond donors (Lipinski definition) is 0. The van der Waals surface area contributed by atoms with Crippen LogP contribution in [0.15, 0.2) is 72.9 Å². The summed E-state index contributed by atoms with van der Waals surface area (Å²) in [4.78, 5) is 119. The third kappa shape index (κ3) is 18.5. The maximum absolute atomic E-state index is 13.4. The summed E-state index contributed by atoms with van der Waals surface area (Å²) < 4.78 is 21.4. The number of Topliss-reactive ketones (excluding diaryl/α,β-unsaturated/α-hetero) is 2. The van der Waals surface area contributed by atoms with Gasteiger partial charge in [0.05, 0.1) is 26.2 Å². The lowest BCUT2D eigenvalue weighted by atomic mass is 9.93. The second kappa shape index (κ2) is 26.5. The molecule has 1 aromatic heterocycles. The van der Waals surface area contributed by atoms with Gasteiger partial charge >= 0.3 is 23.9 Å².